The van der Waals surface area contributed by atoms with Crippen molar-refractivity contribution in [1.29, 1.82) is 0 Å². The quantitative estimate of drug-likeness (QED) is 0.655. The Morgan fingerprint density at radius 3 is 2.23 bits per heavy atom. The monoisotopic (exact) mass is 175 g/mol. The highest BCUT2D eigenvalue weighted by Crippen LogP contribution is 2.14. The summed E-state index contributed by atoms with van der Waals surface area (Å²) >= 11 is 0. The van der Waals surface area contributed by atoms with Crippen LogP contribution in [-0.4, -0.2) is 25.3 Å². The molecule has 1 aromatic rings. The van der Waals surface area contributed by atoms with E-state index in [1.54, 1.807) is 12.1 Å². The second-order valence-corrected chi connectivity index (χ2v) is 3.08. The maximum absolute atomic E-state index is 10.4. The zero-order valence-electron chi connectivity index (χ0n) is 7.95. The second-order valence-electron chi connectivity index (χ2n) is 3.08. The van der Waals surface area contributed by atoms with E-state index in [9.17, 15) is 4.79 Å². The van der Waals surface area contributed by atoms with E-state index >= 15 is 0 Å². The molecule has 0 saturated carbocycles. The summed E-state index contributed by atoms with van der Waals surface area (Å²) in [7, 11) is 3.88. The van der Waals surface area contributed by atoms with E-state index in [2.05, 4.69) is 6.58 Å². The van der Waals surface area contributed by atoms with Crippen LogP contribution in [0.3, 0.4) is 0 Å². The van der Waals surface area contributed by atoms with Crippen molar-refractivity contribution < 1.29 is 4.79 Å². The topological polar surface area (TPSA) is 20.3 Å². The van der Waals surface area contributed by atoms with Gasteiger partial charge in [-0.2, -0.15) is 0 Å². The SMILES string of the molecule is C=C(c1ccc(C=O)cc1)N(C)C. The van der Waals surface area contributed by atoms with Gasteiger partial charge in [-0.05, 0) is 5.56 Å². The minimum atomic E-state index is 0.690. The van der Waals surface area contributed by atoms with Crippen LogP contribution in [0.2, 0.25) is 0 Å². The van der Waals surface area contributed by atoms with Crippen molar-refractivity contribution in [3.05, 3.63) is 42.0 Å². The first-order valence-electron chi connectivity index (χ1n) is 4.07. The van der Waals surface area contributed by atoms with Crippen LogP contribution in [-0.2, 0) is 0 Å². The van der Waals surface area contributed by atoms with Crippen LogP contribution in [0, 0.1) is 0 Å². The number of carbonyl (C=O) groups excluding carboxylic acids is 1. The molecule has 0 amide bonds. The van der Waals surface area contributed by atoms with Crippen molar-refractivity contribution in [2.24, 2.45) is 0 Å². The number of rotatable bonds is 3. The van der Waals surface area contributed by atoms with Crippen LogP contribution in [0.25, 0.3) is 5.70 Å². The van der Waals surface area contributed by atoms with Gasteiger partial charge in [0.25, 0.3) is 0 Å². The molecule has 0 spiro atoms. The fourth-order valence-corrected chi connectivity index (χ4v) is 1.01. The van der Waals surface area contributed by atoms with Gasteiger partial charge in [-0.1, -0.05) is 30.8 Å². The average Bonchev–Trinajstić information content (AvgIpc) is 2.17. The molecular formula is C11H13NO. The van der Waals surface area contributed by atoms with Gasteiger partial charge in [-0.15, -0.1) is 0 Å². The van der Waals surface area contributed by atoms with Crippen molar-refractivity contribution in [3.63, 3.8) is 0 Å². The molecule has 0 heterocycles. The summed E-state index contributed by atoms with van der Waals surface area (Å²) in [5, 5.41) is 0. The van der Waals surface area contributed by atoms with E-state index in [1.807, 2.05) is 31.1 Å². The molecule has 0 radical (unpaired) electrons. The van der Waals surface area contributed by atoms with Gasteiger partial charge in [-0.3, -0.25) is 4.79 Å². The third-order valence-electron chi connectivity index (χ3n) is 1.92. The van der Waals surface area contributed by atoms with E-state index in [4.69, 9.17) is 0 Å². The third-order valence-corrected chi connectivity index (χ3v) is 1.92. The molecule has 0 atom stereocenters. The summed E-state index contributed by atoms with van der Waals surface area (Å²) in [6.07, 6.45) is 0.836. The van der Waals surface area contributed by atoms with Crippen molar-refractivity contribution >= 4 is 12.0 Å². The normalized spacial score (nSPS) is 9.38. The number of carbonyl (C=O) groups is 1. The Morgan fingerprint density at radius 1 is 1.31 bits per heavy atom. The molecule has 0 N–H and O–H groups in total. The van der Waals surface area contributed by atoms with Crippen molar-refractivity contribution in [3.8, 4) is 0 Å². The molecule has 0 unspecified atom stereocenters. The van der Waals surface area contributed by atoms with Crippen molar-refractivity contribution in [1.82, 2.24) is 4.90 Å². The summed E-state index contributed by atoms with van der Waals surface area (Å²) in [6, 6.07) is 7.37. The van der Waals surface area contributed by atoms with Gasteiger partial charge in [0.15, 0.2) is 0 Å². The number of hydrogen-bond acceptors (Lipinski definition) is 2. The number of hydrogen-bond donors (Lipinski definition) is 0. The number of benzene rings is 1. The van der Waals surface area contributed by atoms with Gasteiger partial charge in [-0.25, -0.2) is 0 Å². The highest BCUT2D eigenvalue weighted by atomic mass is 16.1. The maximum atomic E-state index is 10.4. The van der Waals surface area contributed by atoms with E-state index < -0.39 is 0 Å². The standard InChI is InChI=1S/C11H13NO/c1-9(12(2)3)11-6-4-10(8-13)5-7-11/h4-8H,1H2,2-3H3. The fourth-order valence-electron chi connectivity index (χ4n) is 1.01. The van der Waals surface area contributed by atoms with Crippen LogP contribution in [0.15, 0.2) is 30.8 Å². The lowest BCUT2D eigenvalue weighted by Crippen LogP contribution is -2.08. The summed E-state index contributed by atoms with van der Waals surface area (Å²) in [6.45, 7) is 3.92. The van der Waals surface area contributed by atoms with Crippen LogP contribution >= 0.6 is 0 Å². The van der Waals surface area contributed by atoms with Crippen LogP contribution in [0.1, 0.15) is 15.9 Å². The van der Waals surface area contributed by atoms with E-state index in [0.717, 1.165) is 17.5 Å². The molecule has 2 heteroatoms. The lowest BCUT2D eigenvalue weighted by Gasteiger charge is -2.15. The number of aldehydes is 1. The molecule has 0 bridgehead atoms. The van der Waals surface area contributed by atoms with E-state index in [1.165, 1.54) is 0 Å². The first-order chi connectivity index (χ1) is 6.15. The number of nitrogens with zero attached hydrogens (tertiary/aromatic N) is 1. The smallest absolute Gasteiger partial charge is 0.150 e. The molecule has 68 valence electrons. The molecule has 2 nitrogen and oxygen atoms in total. The average molecular weight is 175 g/mol. The Morgan fingerprint density at radius 2 is 1.85 bits per heavy atom. The van der Waals surface area contributed by atoms with Crippen molar-refractivity contribution in [2.45, 2.75) is 0 Å². The minimum absolute atomic E-state index is 0.690. The summed E-state index contributed by atoms with van der Waals surface area (Å²) in [4.78, 5) is 12.3. The molecule has 0 saturated heterocycles. The van der Waals surface area contributed by atoms with Gasteiger partial charge in [0.2, 0.25) is 0 Å². The largest absolute Gasteiger partial charge is 0.378 e. The predicted octanol–water partition coefficient (Wildman–Crippen LogP) is 2.03. The Kier molecular flexibility index (Phi) is 2.85. The first-order valence-corrected chi connectivity index (χ1v) is 4.07. The van der Waals surface area contributed by atoms with Gasteiger partial charge in [0.05, 0.1) is 0 Å². The van der Waals surface area contributed by atoms with Crippen LogP contribution < -0.4 is 0 Å². The van der Waals surface area contributed by atoms with Crippen LogP contribution in [0.4, 0.5) is 0 Å². The van der Waals surface area contributed by atoms with Crippen LogP contribution in [0.5, 0.6) is 0 Å². The maximum Gasteiger partial charge on any atom is 0.150 e. The fraction of sp³-hybridized carbons (Fsp3) is 0.182. The molecule has 0 aromatic heterocycles. The minimum Gasteiger partial charge on any atom is -0.378 e. The zero-order chi connectivity index (χ0) is 9.84. The third kappa shape index (κ3) is 2.18. The highest BCUT2D eigenvalue weighted by molar-refractivity contribution is 5.76. The van der Waals surface area contributed by atoms with Gasteiger partial charge in [0.1, 0.15) is 6.29 Å². The molecular weight excluding hydrogens is 162 g/mol. The molecule has 0 fully saturated rings. The Hall–Kier alpha value is -1.57. The van der Waals surface area contributed by atoms with Gasteiger partial charge >= 0.3 is 0 Å². The molecule has 1 rings (SSSR count). The first kappa shape index (κ1) is 9.52. The summed E-state index contributed by atoms with van der Waals surface area (Å²) in [5.41, 5.74) is 2.67. The molecule has 0 aliphatic rings. The molecule has 0 aliphatic heterocycles. The second kappa shape index (κ2) is 3.90. The molecule has 1 aromatic carbocycles. The Bertz CT molecular complexity index is 311. The Balaban J connectivity index is 2.92. The summed E-state index contributed by atoms with van der Waals surface area (Å²) < 4.78 is 0. The highest BCUT2D eigenvalue weighted by Gasteiger charge is 1.99. The Labute approximate surface area is 78.5 Å². The lowest BCUT2D eigenvalue weighted by molar-refractivity contribution is 0.112. The van der Waals surface area contributed by atoms with Gasteiger partial charge < -0.3 is 4.90 Å². The molecule has 0 aliphatic carbocycles. The van der Waals surface area contributed by atoms with Gasteiger partial charge in [0, 0.05) is 25.4 Å². The predicted molar refractivity (Wildman–Crippen MR) is 54.6 cm³/mol. The zero-order valence-corrected chi connectivity index (χ0v) is 7.95. The molecule has 13 heavy (non-hydrogen) atoms. The van der Waals surface area contributed by atoms with E-state index in [0.29, 0.717) is 5.56 Å². The van der Waals surface area contributed by atoms with Crippen molar-refractivity contribution in [2.75, 3.05) is 14.1 Å². The summed E-state index contributed by atoms with van der Waals surface area (Å²) in [5.74, 6) is 0. The lowest BCUT2D eigenvalue weighted by atomic mass is 10.1. The van der Waals surface area contributed by atoms with E-state index in [-0.39, 0.29) is 0 Å².